The quantitative estimate of drug-likeness (QED) is 0.835. The molecule has 92 valence electrons. The summed E-state index contributed by atoms with van der Waals surface area (Å²) >= 11 is 5.70. The number of hydrogen-bond donors (Lipinski definition) is 2. The maximum absolute atomic E-state index is 11.8. The first-order chi connectivity index (χ1) is 8.66. The van der Waals surface area contributed by atoms with Crippen molar-refractivity contribution in [1.29, 1.82) is 0 Å². The molecule has 0 aliphatic carbocycles. The molecule has 1 amide bonds. The Hall–Kier alpha value is -2.07. The van der Waals surface area contributed by atoms with Crippen molar-refractivity contribution in [3.63, 3.8) is 0 Å². The standard InChI is InChI=1S/C13H11ClN2O2/c14-12-7-9(5-6-15-12)13(18)16-8-10-3-1-2-4-11(10)17/h1-7,17H,8H2,(H,16,18). The van der Waals surface area contributed by atoms with E-state index in [1.54, 1.807) is 30.3 Å². The Bertz CT molecular complexity index is 572. The van der Waals surface area contributed by atoms with Gasteiger partial charge in [0.15, 0.2) is 0 Å². The third-order valence-corrected chi connectivity index (χ3v) is 2.63. The number of amides is 1. The third-order valence-electron chi connectivity index (χ3n) is 2.42. The van der Waals surface area contributed by atoms with Gasteiger partial charge in [-0.3, -0.25) is 4.79 Å². The topological polar surface area (TPSA) is 62.2 Å². The first kappa shape index (κ1) is 12.4. The Morgan fingerprint density at radius 3 is 2.83 bits per heavy atom. The average Bonchev–Trinajstić information content (AvgIpc) is 2.37. The normalized spacial score (nSPS) is 10.1. The highest BCUT2D eigenvalue weighted by atomic mass is 35.5. The van der Waals surface area contributed by atoms with Crippen molar-refractivity contribution in [2.75, 3.05) is 0 Å². The van der Waals surface area contributed by atoms with Gasteiger partial charge in [0.1, 0.15) is 10.9 Å². The van der Waals surface area contributed by atoms with E-state index in [0.29, 0.717) is 11.1 Å². The van der Waals surface area contributed by atoms with E-state index in [4.69, 9.17) is 11.6 Å². The minimum absolute atomic E-state index is 0.158. The zero-order valence-corrected chi connectivity index (χ0v) is 10.2. The number of nitrogens with zero attached hydrogens (tertiary/aromatic N) is 1. The van der Waals surface area contributed by atoms with E-state index in [2.05, 4.69) is 10.3 Å². The van der Waals surface area contributed by atoms with E-state index in [0.717, 1.165) is 0 Å². The molecule has 5 heteroatoms. The van der Waals surface area contributed by atoms with Gasteiger partial charge < -0.3 is 10.4 Å². The Morgan fingerprint density at radius 2 is 2.11 bits per heavy atom. The summed E-state index contributed by atoms with van der Waals surface area (Å²) in [7, 11) is 0. The van der Waals surface area contributed by atoms with Crippen LogP contribution in [0.3, 0.4) is 0 Å². The molecule has 0 unspecified atom stereocenters. The Morgan fingerprint density at radius 1 is 1.33 bits per heavy atom. The van der Waals surface area contributed by atoms with Gasteiger partial charge in [0.25, 0.3) is 5.91 Å². The number of rotatable bonds is 3. The summed E-state index contributed by atoms with van der Waals surface area (Å²) in [6, 6.07) is 9.90. The molecule has 0 atom stereocenters. The molecular weight excluding hydrogens is 252 g/mol. The number of carbonyl (C=O) groups excluding carboxylic acids is 1. The molecule has 0 aliphatic heterocycles. The van der Waals surface area contributed by atoms with Crippen LogP contribution in [-0.4, -0.2) is 16.0 Å². The lowest BCUT2D eigenvalue weighted by Crippen LogP contribution is -2.22. The van der Waals surface area contributed by atoms with Crippen LogP contribution in [0.1, 0.15) is 15.9 Å². The van der Waals surface area contributed by atoms with Gasteiger partial charge in [0.05, 0.1) is 0 Å². The predicted molar refractivity (Wildman–Crippen MR) is 68.5 cm³/mol. The zero-order valence-electron chi connectivity index (χ0n) is 9.43. The SMILES string of the molecule is O=C(NCc1ccccc1O)c1ccnc(Cl)c1. The van der Waals surface area contributed by atoms with Gasteiger partial charge in [0, 0.05) is 23.9 Å². The van der Waals surface area contributed by atoms with Crippen LogP contribution in [-0.2, 0) is 6.54 Å². The molecule has 1 aromatic carbocycles. The molecule has 0 spiro atoms. The number of aromatic nitrogens is 1. The van der Waals surface area contributed by atoms with Gasteiger partial charge in [-0.15, -0.1) is 0 Å². The van der Waals surface area contributed by atoms with E-state index < -0.39 is 0 Å². The number of benzene rings is 1. The Kier molecular flexibility index (Phi) is 3.79. The number of nitrogens with one attached hydrogen (secondary N) is 1. The third kappa shape index (κ3) is 2.99. The Balaban J connectivity index is 2.03. The van der Waals surface area contributed by atoms with Crippen LogP contribution < -0.4 is 5.32 Å². The van der Waals surface area contributed by atoms with E-state index in [1.807, 2.05) is 0 Å². The van der Waals surface area contributed by atoms with Crippen LogP contribution in [0.2, 0.25) is 5.15 Å². The second-order valence-corrected chi connectivity index (χ2v) is 4.07. The highest BCUT2D eigenvalue weighted by Crippen LogP contribution is 2.15. The van der Waals surface area contributed by atoms with Crippen molar-refractivity contribution in [3.05, 3.63) is 58.9 Å². The van der Waals surface area contributed by atoms with Crippen LogP contribution in [0.4, 0.5) is 0 Å². The van der Waals surface area contributed by atoms with E-state index in [1.165, 1.54) is 12.3 Å². The summed E-state index contributed by atoms with van der Waals surface area (Å²) in [6.45, 7) is 0.255. The van der Waals surface area contributed by atoms with Gasteiger partial charge >= 0.3 is 0 Å². The zero-order chi connectivity index (χ0) is 13.0. The molecule has 0 aliphatic rings. The second-order valence-electron chi connectivity index (χ2n) is 3.68. The summed E-state index contributed by atoms with van der Waals surface area (Å²) in [5, 5.41) is 12.5. The lowest BCUT2D eigenvalue weighted by atomic mass is 10.2. The fourth-order valence-corrected chi connectivity index (χ4v) is 1.66. The van der Waals surface area contributed by atoms with Crippen molar-refractivity contribution >= 4 is 17.5 Å². The molecule has 0 bridgehead atoms. The Labute approximate surface area is 109 Å². The number of phenolic OH excluding ortho intramolecular Hbond substituents is 1. The maximum atomic E-state index is 11.8. The van der Waals surface area contributed by atoms with E-state index >= 15 is 0 Å². The predicted octanol–water partition coefficient (Wildman–Crippen LogP) is 2.37. The van der Waals surface area contributed by atoms with Gasteiger partial charge in [-0.2, -0.15) is 0 Å². The molecule has 0 saturated heterocycles. The number of phenols is 1. The lowest BCUT2D eigenvalue weighted by Gasteiger charge is -2.06. The fourth-order valence-electron chi connectivity index (χ4n) is 1.48. The maximum Gasteiger partial charge on any atom is 0.251 e. The molecule has 2 N–H and O–H groups in total. The largest absolute Gasteiger partial charge is 0.508 e. The molecule has 18 heavy (non-hydrogen) atoms. The van der Waals surface area contributed by atoms with E-state index in [-0.39, 0.29) is 23.4 Å². The molecule has 0 saturated carbocycles. The van der Waals surface area contributed by atoms with Crippen molar-refractivity contribution in [2.45, 2.75) is 6.54 Å². The fraction of sp³-hybridized carbons (Fsp3) is 0.0769. The van der Waals surface area contributed by atoms with Crippen molar-refractivity contribution < 1.29 is 9.90 Å². The minimum atomic E-state index is -0.262. The first-order valence-corrected chi connectivity index (χ1v) is 5.71. The van der Waals surface area contributed by atoms with Crippen LogP contribution in [0.15, 0.2) is 42.6 Å². The minimum Gasteiger partial charge on any atom is -0.508 e. The summed E-state index contributed by atoms with van der Waals surface area (Å²) in [5.41, 5.74) is 1.09. The number of hydrogen-bond acceptors (Lipinski definition) is 3. The molecule has 2 aromatic rings. The molecule has 2 rings (SSSR count). The lowest BCUT2D eigenvalue weighted by molar-refractivity contribution is 0.0950. The van der Waals surface area contributed by atoms with Gasteiger partial charge in [-0.05, 0) is 18.2 Å². The van der Waals surface area contributed by atoms with Crippen LogP contribution in [0.5, 0.6) is 5.75 Å². The number of pyridine rings is 1. The number of carbonyl (C=O) groups is 1. The summed E-state index contributed by atoms with van der Waals surface area (Å²) in [6.07, 6.45) is 1.47. The number of para-hydroxylation sites is 1. The van der Waals surface area contributed by atoms with Crippen molar-refractivity contribution in [1.82, 2.24) is 10.3 Å². The summed E-state index contributed by atoms with van der Waals surface area (Å²) < 4.78 is 0. The monoisotopic (exact) mass is 262 g/mol. The van der Waals surface area contributed by atoms with Crippen LogP contribution >= 0.6 is 11.6 Å². The van der Waals surface area contributed by atoms with Gasteiger partial charge in [0.2, 0.25) is 0 Å². The molecule has 0 radical (unpaired) electrons. The van der Waals surface area contributed by atoms with Crippen LogP contribution in [0, 0.1) is 0 Å². The number of halogens is 1. The van der Waals surface area contributed by atoms with Crippen molar-refractivity contribution in [3.8, 4) is 5.75 Å². The van der Waals surface area contributed by atoms with Gasteiger partial charge in [-0.25, -0.2) is 4.98 Å². The molecule has 1 heterocycles. The summed E-state index contributed by atoms with van der Waals surface area (Å²) in [5.74, 6) is -0.104. The summed E-state index contributed by atoms with van der Waals surface area (Å²) in [4.78, 5) is 15.6. The highest BCUT2D eigenvalue weighted by Gasteiger charge is 2.07. The molecule has 0 fully saturated rings. The molecule has 1 aromatic heterocycles. The van der Waals surface area contributed by atoms with Crippen molar-refractivity contribution in [2.24, 2.45) is 0 Å². The smallest absolute Gasteiger partial charge is 0.251 e. The van der Waals surface area contributed by atoms with E-state index in [9.17, 15) is 9.90 Å². The first-order valence-electron chi connectivity index (χ1n) is 5.33. The average molecular weight is 263 g/mol. The molecular formula is C13H11ClN2O2. The highest BCUT2D eigenvalue weighted by molar-refractivity contribution is 6.29. The van der Waals surface area contributed by atoms with Gasteiger partial charge in [-0.1, -0.05) is 29.8 Å². The van der Waals surface area contributed by atoms with Crippen LogP contribution in [0.25, 0.3) is 0 Å². The second kappa shape index (κ2) is 5.51. The molecule has 4 nitrogen and oxygen atoms in total. The number of aromatic hydroxyl groups is 1.